The van der Waals surface area contributed by atoms with Gasteiger partial charge in [0, 0.05) is 24.0 Å². The van der Waals surface area contributed by atoms with Crippen molar-refractivity contribution in [2.24, 2.45) is 0 Å². The van der Waals surface area contributed by atoms with Gasteiger partial charge in [0.2, 0.25) is 0 Å². The van der Waals surface area contributed by atoms with Gasteiger partial charge in [0.1, 0.15) is 5.82 Å². The summed E-state index contributed by atoms with van der Waals surface area (Å²) in [6.07, 6.45) is 0. The van der Waals surface area contributed by atoms with Crippen LogP contribution in [0.1, 0.15) is 30.0 Å². The van der Waals surface area contributed by atoms with Gasteiger partial charge in [-0.25, -0.2) is 4.98 Å². The van der Waals surface area contributed by atoms with Gasteiger partial charge in [-0.1, -0.05) is 50.2 Å². The Morgan fingerprint density at radius 3 is 2.50 bits per heavy atom. The molecule has 0 spiro atoms. The lowest BCUT2D eigenvalue weighted by Crippen LogP contribution is -2.30. The number of rotatable bonds is 7. The van der Waals surface area contributed by atoms with Crippen LogP contribution in [0.2, 0.25) is 0 Å². The summed E-state index contributed by atoms with van der Waals surface area (Å²) in [6, 6.07) is 20.3. The number of carbonyl (C=O) groups is 1. The van der Waals surface area contributed by atoms with Crippen LogP contribution in [0.5, 0.6) is 0 Å². The molecule has 152 valence electrons. The van der Waals surface area contributed by atoms with E-state index >= 15 is 0 Å². The number of likely N-dealkylation sites (N-methyl/N-ethyl adjacent to an activating group) is 1. The Labute approximate surface area is 176 Å². The third-order valence-corrected chi connectivity index (χ3v) is 6.22. The molecule has 0 fully saturated rings. The standard InChI is InChI=1S/C25H26N4O/c1-3-27(4-2)15-16-28-21-13-6-5-12-20(21)26-23(28)17-29-22-14-8-10-18-9-7-11-19(24(18)22)25(29)30/h5-14H,3-4,15-17H2,1-2H3. The molecule has 30 heavy (non-hydrogen) atoms. The molecule has 5 heteroatoms. The molecular formula is C25H26N4O. The van der Waals surface area contributed by atoms with Crippen LogP contribution in [0.25, 0.3) is 21.8 Å². The zero-order chi connectivity index (χ0) is 20.7. The fourth-order valence-corrected chi connectivity index (χ4v) is 4.55. The second-order valence-corrected chi connectivity index (χ2v) is 7.77. The molecular weight excluding hydrogens is 372 g/mol. The summed E-state index contributed by atoms with van der Waals surface area (Å²) in [7, 11) is 0. The normalized spacial score (nSPS) is 13.3. The van der Waals surface area contributed by atoms with Crippen molar-refractivity contribution in [3.8, 4) is 0 Å². The number of fused-ring (bicyclic) bond motifs is 1. The zero-order valence-corrected chi connectivity index (χ0v) is 17.5. The van der Waals surface area contributed by atoms with Crippen LogP contribution in [0.15, 0.2) is 60.7 Å². The summed E-state index contributed by atoms with van der Waals surface area (Å²) in [5, 5.41) is 2.16. The third-order valence-electron chi connectivity index (χ3n) is 6.22. The van der Waals surface area contributed by atoms with Gasteiger partial charge in [0.15, 0.2) is 0 Å². The summed E-state index contributed by atoms with van der Waals surface area (Å²) < 4.78 is 2.28. The van der Waals surface area contributed by atoms with E-state index in [4.69, 9.17) is 4.98 Å². The minimum atomic E-state index is 0.0594. The average molecular weight is 399 g/mol. The first kappa shape index (κ1) is 18.8. The number of carbonyl (C=O) groups excluding carboxylic acids is 1. The van der Waals surface area contributed by atoms with Crippen LogP contribution in [0, 0.1) is 0 Å². The van der Waals surface area contributed by atoms with Gasteiger partial charge < -0.3 is 14.4 Å². The van der Waals surface area contributed by atoms with Crippen LogP contribution < -0.4 is 4.90 Å². The van der Waals surface area contributed by atoms with Crippen molar-refractivity contribution in [3.05, 3.63) is 72.1 Å². The highest BCUT2D eigenvalue weighted by molar-refractivity contribution is 6.24. The van der Waals surface area contributed by atoms with Gasteiger partial charge in [-0.15, -0.1) is 0 Å². The van der Waals surface area contributed by atoms with E-state index in [1.54, 1.807) is 0 Å². The highest BCUT2D eigenvalue weighted by atomic mass is 16.2. The first-order valence-corrected chi connectivity index (χ1v) is 10.7. The second-order valence-electron chi connectivity index (χ2n) is 7.77. The molecule has 1 aliphatic rings. The first-order valence-electron chi connectivity index (χ1n) is 10.7. The lowest BCUT2D eigenvalue weighted by molar-refractivity contribution is 0.0990. The Hall–Kier alpha value is -3.18. The third kappa shape index (κ3) is 2.97. The van der Waals surface area contributed by atoms with Crippen LogP contribution in [-0.4, -0.2) is 40.0 Å². The minimum absolute atomic E-state index is 0.0594. The molecule has 0 saturated heterocycles. The number of nitrogens with zero attached hydrogens (tertiary/aromatic N) is 4. The topological polar surface area (TPSA) is 41.4 Å². The van der Waals surface area contributed by atoms with Gasteiger partial charge in [0.05, 0.1) is 23.3 Å². The van der Waals surface area contributed by atoms with Gasteiger partial charge in [0.25, 0.3) is 5.91 Å². The number of para-hydroxylation sites is 2. The fraction of sp³-hybridized carbons (Fsp3) is 0.280. The number of aromatic nitrogens is 2. The molecule has 0 N–H and O–H groups in total. The molecule has 0 radical (unpaired) electrons. The number of amides is 1. The molecule has 4 aromatic rings. The predicted octanol–water partition coefficient (Wildman–Crippen LogP) is 4.69. The van der Waals surface area contributed by atoms with Crippen LogP contribution >= 0.6 is 0 Å². The van der Waals surface area contributed by atoms with Gasteiger partial charge in [-0.3, -0.25) is 4.79 Å². The lowest BCUT2D eigenvalue weighted by atomic mass is 10.1. The molecule has 5 rings (SSSR count). The Bertz CT molecular complexity index is 1230. The smallest absolute Gasteiger partial charge is 0.259 e. The minimum Gasteiger partial charge on any atom is -0.325 e. The van der Waals surface area contributed by atoms with E-state index in [1.165, 1.54) is 0 Å². The largest absolute Gasteiger partial charge is 0.325 e. The Balaban J connectivity index is 1.54. The van der Waals surface area contributed by atoms with E-state index in [0.717, 1.165) is 65.1 Å². The van der Waals surface area contributed by atoms with E-state index < -0.39 is 0 Å². The highest BCUT2D eigenvalue weighted by Crippen LogP contribution is 2.38. The molecule has 0 atom stereocenters. The number of hydrogen-bond donors (Lipinski definition) is 0. The van der Waals surface area contributed by atoms with Crippen molar-refractivity contribution in [1.29, 1.82) is 0 Å². The van der Waals surface area contributed by atoms with Gasteiger partial charge >= 0.3 is 0 Å². The number of benzene rings is 3. The molecule has 0 saturated carbocycles. The monoisotopic (exact) mass is 398 g/mol. The average Bonchev–Trinajstić information content (AvgIpc) is 3.27. The second kappa shape index (κ2) is 7.58. The maximum atomic E-state index is 13.2. The molecule has 1 amide bonds. The molecule has 1 aromatic heterocycles. The summed E-state index contributed by atoms with van der Waals surface area (Å²) in [5.41, 5.74) is 3.88. The van der Waals surface area contributed by atoms with Crippen molar-refractivity contribution in [1.82, 2.24) is 14.5 Å². The lowest BCUT2D eigenvalue weighted by Gasteiger charge is -2.21. The Morgan fingerprint density at radius 1 is 0.933 bits per heavy atom. The molecule has 0 unspecified atom stereocenters. The van der Waals surface area contributed by atoms with Crippen molar-refractivity contribution < 1.29 is 4.79 Å². The molecule has 2 heterocycles. The summed E-state index contributed by atoms with van der Waals surface area (Å²) in [6.45, 7) is 8.73. The molecule has 0 aliphatic carbocycles. The molecule has 5 nitrogen and oxygen atoms in total. The summed E-state index contributed by atoms with van der Waals surface area (Å²) in [4.78, 5) is 22.5. The van der Waals surface area contributed by atoms with Gasteiger partial charge in [-0.2, -0.15) is 0 Å². The van der Waals surface area contributed by atoms with Gasteiger partial charge in [-0.05, 0) is 42.7 Å². The molecule has 0 bridgehead atoms. The SMILES string of the molecule is CCN(CC)CCn1c(CN2C(=O)c3cccc4cccc2c34)nc2ccccc21. The van der Waals surface area contributed by atoms with E-state index in [0.29, 0.717) is 6.54 Å². The maximum absolute atomic E-state index is 13.2. The van der Waals surface area contributed by atoms with Crippen LogP contribution in [-0.2, 0) is 13.1 Å². The molecule has 1 aliphatic heterocycles. The Morgan fingerprint density at radius 2 is 1.70 bits per heavy atom. The Kier molecular flexibility index (Phi) is 4.75. The van der Waals surface area contributed by atoms with E-state index in [1.807, 2.05) is 41.3 Å². The van der Waals surface area contributed by atoms with Crippen molar-refractivity contribution in [2.75, 3.05) is 24.5 Å². The highest BCUT2D eigenvalue weighted by Gasteiger charge is 2.30. The quantitative estimate of drug-likeness (QED) is 0.453. The van der Waals surface area contributed by atoms with Crippen LogP contribution in [0.4, 0.5) is 5.69 Å². The first-order chi connectivity index (χ1) is 14.7. The molecule has 3 aromatic carbocycles. The fourth-order valence-electron chi connectivity index (χ4n) is 4.55. The predicted molar refractivity (Wildman–Crippen MR) is 122 cm³/mol. The van der Waals surface area contributed by atoms with Crippen LogP contribution in [0.3, 0.4) is 0 Å². The van der Waals surface area contributed by atoms with E-state index in [9.17, 15) is 4.79 Å². The number of hydrogen-bond acceptors (Lipinski definition) is 3. The van der Waals surface area contributed by atoms with Crippen molar-refractivity contribution in [3.63, 3.8) is 0 Å². The zero-order valence-electron chi connectivity index (χ0n) is 17.5. The summed E-state index contributed by atoms with van der Waals surface area (Å²) >= 11 is 0. The van der Waals surface area contributed by atoms with Crippen molar-refractivity contribution in [2.45, 2.75) is 26.9 Å². The number of anilines is 1. The van der Waals surface area contributed by atoms with E-state index in [-0.39, 0.29) is 5.91 Å². The number of imidazole rings is 1. The van der Waals surface area contributed by atoms with E-state index in [2.05, 4.69) is 47.6 Å². The maximum Gasteiger partial charge on any atom is 0.259 e. The summed E-state index contributed by atoms with van der Waals surface area (Å²) in [5.74, 6) is 0.991. The van der Waals surface area contributed by atoms with Crippen molar-refractivity contribution >= 4 is 33.4 Å².